The van der Waals surface area contributed by atoms with Crippen LogP contribution in [0.3, 0.4) is 0 Å². The molecule has 0 radical (unpaired) electrons. The van der Waals surface area contributed by atoms with Crippen LogP contribution in [0.4, 0.5) is 11.4 Å². The van der Waals surface area contributed by atoms with Gasteiger partial charge in [0.15, 0.2) is 11.4 Å². The Morgan fingerprint density at radius 1 is 0.714 bits per heavy atom. The van der Waals surface area contributed by atoms with Crippen molar-refractivity contribution in [2.24, 2.45) is 20.5 Å². The fourth-order valence-corrected chi connectivity index (χ4v) is 4.05. The van der Waals surface area contributed by atoms with Gasteiger partial charge < -0.3 is 19.3 Å². The molecule has 0 atom stereocenters. The normalized spacial score (nSPS) is 11.9. The molecule has 4 rings (SSSR count). The summed E-state index contributed by atoms with van der Waals surface area (Å²) >= 11 is 0. The van der Waals surface area contributed by atoms with Crippen LogP contribution >= 0.6 is 0 Å². The Morgan fingerprint density at radius 3 is 1.51 bits per heavy atom. The maximum atomic E-state index is 12.3. The van der Waals surface area contributed by atoms with Gasteiger partial charge in [-0.15, -0.1) is 20.5 Å². The van der Waals surface area contributed by atoms with Gasteiger partial charge in [0.25, 0.3) is 11.8 Å². The summed E-state index contributed by atoms with van der Waals surface area (Å²) in [5.41, 5.74) is 1.90. The molecule has 4 aromatic rings. The minimum atomic E-state index is -0.821. The van der Waals surface area contributed by atoms with Gasteiger partial charge in [-0.1, -0.05) is 50.2 Å². The van der Waals surface area contributed by atoms with E-state index in [1.807, 2.05) is 38.1 Å². The third-order valence-corrected chi connectivity index (χ3v) is 5.55. The standard InChI is InChI=1S/C25H26N6O4/c1-3-13-30-18-11-7-5-9-16(18)22(24(30)34)28-26-20(32)15-21(33)27-29-23-17-10-6-8-12-19(17)31(14-4-2)25(23)35/h5-12,34-35H,3-4,13-15H2,1-2H3. The van der Waals surface area contributed by atoms with E-state index in [1.54, 1.807) is 33.4 Å². The number of nitrogens with zero attached hydrogens (tertiary/aromatic N) is 6. The van der Waals surface area contributed by atoms with Crippen molar-refractivity contribution < 1.29 is 19.8 Å². The van der Waals surface area contributed by atoms with E-state index in [0.29, 0.717) is 23.9 Å². The Morgan fingerprint density at radius 2 is 1.11 bits per heavy atom. The molecule has 0 saturated carbocycles. The van der Waals surface area contributed by atoms with E-state index < -0.39 is 18.2 Å². The highest BCUT2D eigenvalue weighted by Gasteiger charge is 2.18. The van der Waals surface area contributed by atoms with Gasteiger partial charge in [0, 0.05) is 23.9 Å². The first-order valence-corrected chi connectivity index (χ1v) is 11.5. The fraction of sp³-hybridized carbons (Fsp3) is 0.280. The average molecular weight is 475 g/mol. The van der Waals surface area contributed by atoms with Crippen molar-refractivity contribution in [3.8, 4) is 11.8 Å². The van der Waals surface area contributed by atoms with Crippen molar-refractivity contribution in [2.45, 2.75) is 46.2 Å². The zero-order chi connectivity index (χ0) is 24.9. The molecular formula is C25H26N6O4. The highest BCUT2D eigenvalue weighted by Crippen LogP contribution is 2.40. The van der Waals surface area contributed by atoms with Crippen LogP contribution in [-0.2, 0) is 22.7 Å². The molecule has 10 nitrogen and oxygen atoms in total. The monoisotopic (exact) mass is 474 g/mol. The summed E-state index contributed by atoms with van der Waals surface area (Å²) in [4.78, 5) is 24.5. The second kappa shape index (κ2) is 10.3. The molecule has 0 spiro atoms. The molecule has 0 bridgehead atoms. The molecule has 180 valence electrons. The van der Waals surface area contributed by atoms with Crippen LogP contribution in [0.15, 0.2) is 69.0 Å². The first kappa shape index (κ1) is 23.8. The Labute approximate surface area is 201 Å². The maximum absolute atomic E-state index is 12.3. The van der Waals surface area contributed by atoms with Crippen LogP contribution in [0.5, 0.6) is 11.8 Å². The number of fused-ring (bicyclic) bond motifs is 2. The highest BCUT2D eigenvalue weighted by molar-refractivity contribution is 5.99. The lowest BCUT2D eigenvalue weighted by Crippen LogP contribution is -2.01. The highest BCUT2D eigenvalue weighted by atomic mass is 16.3. The minimum Gasteiger partial charge on any atom is -0.493 e. The predicted molar refractivity (Wildman–Crippen MR) is 131 cm³/mol. The van der Waals surface area contributed by atoms with E-state index in [2.05, 4.69) is 20.5 Å². The smallest absolute Gasteiger partial charge is 0.274 e. The zero-order valence-electron chi connectivity index (χ0n) is 19.5. The summed E-state index contributed by atoms with van der Waals surface area (Å²) in [7, 11) is 0. The lowest BCUT2D eigenvalue weighted by Gasteiger charge is -2.03. The Bertz CT molecular complexity index is 1350. The van der Waals surface area contributed by atoms with E-state index in [-0.39, 0.29) is 23.1 Å². The summed E-state index contributed by atoms with van der Waals surface area (Å²) in [6, 6.07) is 14.6. The lowest BCUT2D eigenvalue weighted by molar-refractivity contribution is -0.126. The second-order valence-electron chi connectivity index (χ2n) is 8.05. The number of hydrogen-bond acceptors (Lipinski definition) is 6. The molecule has 10 heteroatoms. The van der Waals surface area contributed by atoms with E-state index in [9.17, 15) is 19.8 Å². The number of aryl methyl sites for hydroxylation is 2. The first-order valence-electron chi connectivity index (χ1n) is 11.5. The van der Waals surface area contributed by atoms with E-state index in [0.717, 1.165) is 23.9 Å². The van der Waals surface area contributed by atoms with Crippen molar-refractivity contribution in [3.05, 3.63) is 48.5 Å². The number of aromatic nitrogens is 2. The molecule has 2 aromatic carbocycles. The molecule has 2 heterocycles. The quantitative estimate of drug-likeness (QED) is 0.234. The summed E-state index contributed by atoms with van der Waals surface area (Å²) in [5.74, 6) is -1.82. The molecule has 2 amide bonds. The molecule has 0 aliphatic rings. The van der Waals surface area contributed by atoms with Crippen LogP contribution in [0.25, 0.3) is 21.8 Å². The largest absolute Gasteiger partial charge is 0.493 e. The van der Waals surface area contributed by atoms with Crippen LogP contribution in [-0.4, -0.2) is 31.2 Å². The van der Waals surface area contributed by atoms with Crippen LogP contribution in [0, 0.1) is 0 Å². The van der Waals surface area contributed by atoms with Gasteiger partial charge in [-0.25, -0.2) is 0 Å². The number of azo groups is 2. The third kappa shape index (κ3) is 4.68. The summed E-state index contributed by atoms with van der Waals surface area (Å²) in [6.45, 7) is 5.13. The number of para-hydroxylation sites is 2. The Hall–Kier alpha value is -4.34. The second-order valence-corrected chi connectivity index (χ2v) is 8.05. The number of aromatic hydroxyl groups is 2. The molecule has 0 saturated heterocycles. The topological polar surface area (TPSA) is 134 Å². The fourth-order valence-electron chi connectivity index (χ4n) is 4.05. The van der Waals surface area contributed by atoms with Crippen LogP contribution in [0.2, 0.25) is 0 Å². The summed E-state index contributed by atoms with van der Waals surface area (Å²) in [6.07, 6.45) is 0.956. The Balaban J connectivity index is 1.51. The van der Waals surface area contributed by atoms with Crippen molar-refractivity contribution in [1.82, 2.24) is 9.13 Å². The number of rotatable bonds is 8. The molecule has 0 aliphatic heterocycles. The average Bonchev–Trinajstić information content (AvgIpc) is 3.27. The van der Waals surface area contributed by atoms with Crippen molar-refractivity contribution in [3.63, 3.8) is 0 Å². The van der Waals surface area contributed by atoms with Crippen molar-refractivity contribution in [1.29, 1.82) is 0 Å². The molecule has 0 aliphatic carbocycles. The molecule has 0 fully saturated rings. The number of benzene rings is 2. The van der Waals surface area contributed by atoms with Crippen molar-refractivity contribution >= 4 is 45.0 Å². The van der Waals surface area contributed by atoms with Gasteiger partial charge in [-0.05, 0) is 25.0 Å². The zero-order valence-corrected chi connectivity index (χ0v) is 19.5. The minimum absolute atomic E-state index is 0.0884. The van der Waals surface area contributed by atoms with Crippen molar-refractivity contribution in [2.75, 3.05) is 0 Å². The predicted octanol–water partition coefficient (Wildman–Crippen LogP) is 6.14. The Kier molecular flexibility index (Phi) is 7.00. The number of carbonyl (C=O) groups excluding carboxylic acids is 2. The van der Waals surface area contributed by atoms with Gasteiger partial charge in [0.05, 0.1) is 11.0 Å². The summed E-state index contributed by atoms with van der Waals surface area (Å²) < 4.78 is 3.41. The molecular weight excluding hydrogens is 448 g/mol. The van der Waals surface area contributed by atoms with Crippen LogP contribution < -0.4 is 0 Å². The van der Waals surface area contributed by atoms with E-state index >= 15 is 0 Å². The molecule has 0 unspecified atom stereocenters. The number of carbonyl (C=O) groups is 2. The number of hydrogen-bond donors (Lipinski definition) is 2. The SMILES string of the molecule is CCCn1c(O)c(N=NC(=O)CC(=O)N=Nc2c(O)n(CCC)c3ccccc23)c2ccccc21. The molecule has 2 aromatic heterocycles. The van der Waals surface area contributed by atoms with Gasteiger partial charge in [0.1, 0.15) is 6.42 Å². The van der Waals surface area contributed by atoms with Crippen LogP contribution in [0.1, 0.15) is 33.1 Å². The summed E-state index contributed by atoms with van der Waals surface area (Å²) in [5, 5.41) is 37.5. The van der Waals surface area contributed by atoms with Gasteiger partial charge >= 0.3 is 0 Å². The van der Waals surface area contributed by atoms with Gasteiger partial charge in [-0.3, -0.25) is 9.59 Å². The van der Waals surface area contributed by atoms with E-state index in [1.165, 1.54) is 0 Å². The molecule has 2 N–H and O–H groups in total. The van der Waals surface area contributed by atoms with Gasteiger partial charge in [0.2, 0.25) is 11.8 Å². The maximum Gasteiger partial charge on any atom is 0.274 e. The lowest BCUT2D eigenvalue weighted by atomic mass is 10.2. The van der Waals surface area contributed by atoms with E-state index in [4.69, 9.17) is 0 Å². The first-order chi connectivity index (χ1) is 17.0. The third-order valence-electron chi connectivity index (χ3n) is 5.55. The molecule has 35 heavy (non-hydrogen) atoms. The van der Waals surface area contributed by atoms with Gasteiger partial charge in [-0.2, -0.15) is 0 Å². The number of amides is 2.